The third-order valence-electron chi connectivity index (χ3n) is 3.11. The summed E-state index contributed by atoms with van der Waals surface area (Å²) in [6.07, 6.45) is 0. The first kappa shape index (κ1) is 12.9. The Bertz CT molecular complexity index is 534. The van der Waals surface area contributed by atoms with Gasteiger partial charge in [-0.25, -0.2) is 0 Å². The number of methoxy groups -OCH3 is 1. The molecule has 3 heteroatoms. The van der Waals surface area contributed by atoms with Crippen molar-refractivity contribution < 1.29 is 4.74 Å². The van der Waals surface area contributed by atoms with Crippen LogP contribution in [0.1, 0.15) is 18.1 Å². The molecule has 94 valence electrons. The molecule has 2 nitrogen and oxygen atoms in total. The van der Waals surface area contributed by atoms with Crippen LogP contribution in [0.2, 0.25) is 5.02 Å². The lowest BCUT2D eigenvalue weighted by Gasteiger charge is -2.27. The third kappa shape index (κ3) is 2.35. The van der Waals surface area contributed by atoms with Gasteiger partial charge >= 0.3 is 0 Å². The normalized spacial score (nSPS) is 14.0. The second kappa shape index (κ2) is 5.01. The zero-order valence-corrected chi connectivity index (χ0v) is 11.2. The molecule has 2 aromatic carbocycles. The zero-order chi connectivity index (χ0) is 13.2. The SMILES string of the molecule is COc1ccccc1C(C)(N)c1ccc(Cl)cc1. The lowest BCUT2D eigenvalue weighted by atomic mass is 9.85. The first-order valence-electron chi connectivity index (χ1n) is 5.74. The van der Waals surface area contributed by atoms with E-state index in [0.29, 0.717) is 5.02 Å². The quantitative estimate of drug-likeness (QED) is 0.917. The molecule has 0 fully saturated rings. The minimum Gasteiger partial charge on any atom is -0.496 e. The lowest BCUT2D eigenvalue weighted by Crippen LogP contribution is -2.34. The second-order valence-electron chi connectivity index (χ2n) is 4.41. The molecular weight excluding hydrogens is 246 g/mol. The Morgan fingerprint density at radius 2 is 1.67 bits per heavy atom. The molecule has 0 aliphatic carbocycles. The number of ether oxygens (including phenoxy) is 1. The summed E-state index contributed by atoms with van der Waals surface area (Å²) in [4.78, 5) is 0. The number of hydrogen-bond donors (Lipinski definition) is 1. The number of hydrogen-bond acceptors (Lipinski definition) is 2. The minimum absolute atomic E-state index is 0.614. The first-order chi connectivity index (χ1) is 8.55. The molecule has 0 saturated heterocycles. The predicted molar refractivity (Wildman–Crippen MR) is 75.1 cm³/mol. The Morgan fingerprint density at radius 1 is 1.06 bits per heavy atom. The fourth-order valence-corrected chi connectivity index (χ4v) is 2.15. The van der Waals surface area contributed by atoms with Gasteiger partial charge in [0.25, 0.3) is 0 Å². The van der Waals surface area contributed by atoms with Crippen molar-refractivity contribution >= 4 is 11.6 Å². The molecule has 1 unspecified atom stereocenters. The van der Waals surface area contributed by atoms with Crippen molar-refractivity contribution in [1.29, 1.82) is 0 Å². The van der Waals surface area contributed by atoms with Gasteiger partial charge in [-0.1, -0.05) is 41.9 Å². The van der Waals surface area contributed by atoms with Crippen LogP contribution in [0.25, 0.3) is 0 Å². The van der Waals surface area contributed by atoms with Gasteiger partial charge < -0.3 is 10.5 Å². The van der Waals surface area contributed by atoms with Crippen LogP contribution in [-0.4, -0.2) is 7.11 Å². The van der Waals surface area contributed by atoms with E-state index in [0.717, 1.165) is 16.9 Å². The highest BCUT2D eigenvalue weighted by Crippen LogP contribution is 2.33. The Hall–Kier alpha value is -1.51. The number of rotatable bonds is 3. The number of benzene rings is 2. The molecule has 0 heterocycles. The molecule has 0 saturated carbocycles. The van der Waals surface area contributed by atoms with E-state index < -0.39 is 5.54 Å². The topological polar surface area (TPSA) is 35.2 Å². The van der Waals surface area contributed by atoms with Crippen molar-refractivity contribution in [2.45, 2.75) is 12.5 Å². The van der Waals surface area contributed by atoms with Gasteiger partial charge in [0.05, 0.1) is 12.6 Å². The number of para-hydroxylation sites is 1. The zero-order valence-electron chi connectivity index (χ0n) is 10.5. The molecule has 0 aromatic heterocycles. The van der Waals surface area contributed by atoms with E-state index in [9.17, 15) is 0 Å². The van der Waals surface area contributed by atoms with Crippen molar-refractivity contribution in [2.75, 3.05) is 7.11 Å². The fraction of sp³-hybridized carbons (Fsp3) is 0.200. The van der Waals surface area contributed by atoms with Gasteiger partial charge in [-0.2, -0.15) is 0 Å². The summed E-state index contributed by atoms with van der Waals surface area (Å²) in [6, 6.07) is 15.3. The fourth-order valence-electron chi connectivity index (χ4n) is 2.03. The van der Waals surface area contributed by atoms with Crippen molar-refractivity contribution in [3.8, 4) is 5.75 Å². The molecule has 0 amide bonds. The van der Waals surface area contributed by atoms with Gasteiger partial charge in [0.2, 0.25) is 0 Å². The maximum absolute atomic E-state index is 6.46. The van der Waals surface area contributed by atoms with E-state index in [1.807, 2.05) is 55.5 Å². The molecule has 2 rings (SSSR count). The average molecular weight is 262 g/mol. The summed E-state index contributed by atoms with van der Waals surface area (Å²) in [5.41, 5.74) is 7.80. The van der Waals surface area contributed by atoms with Crippen molar-refractivity contribution in [1.82, 2.24) is 0 Å². The molecule has 0 bridgehead atoms. The summed E-state index contributed by atoms with van der Waals surface area (Å²) in [7, 11) is 1.65. The highest BCUT2D eigenvalue weighted by Gasteiger charge is 2.26. The summed E-state index contributed by atoms with van der Waals surface area (Å²) < 4.78 is 5.37. The number of nitrogens with two attached hydrogens (primary N) is 1. The van der Waals surface area contributed by atoms with Crippen molar-refractivity contribution in [3.63, 3.8) is 0 Å². The largest absolute Gasteiger partial charge is 0.496 e. The highest BCUT2D eigenvalue weighted by molar-refractivity contribution is 6.30. The van der Waals surface area contributed by atoms with Gasteiger partial charge in [-0.05, 0) is 30.7 Å². The van der Waals surface area contributed by atoms with E-state index in [2.05, 4.69) is 0 Å². The van der Waals surface area contributed by atoms with E-state index >= 15 is 0 Å². The standard InChI is InChI=1S/C15H16ClNO/c1-15(17,11-7-9-12(16)10-8-11)13-5-3-4-6-14(13)18-2/h3-10H,17H2,1-2H3. The van der Waals surface area contributed by atoms with Crippen LogP contribution < -0.4 is 10.5 Å². The summed E-state index contributed by atoms with van der Waals surface area (Å²) in [5.74, 6) is 0.789. The smallest absolute Gasteiger partial charge is 0.124 e. The van der Waals surface area contributed by atoms with Crippen molar-refractivity contribution in [2.24, 2.45) is 5.73 Å². The Kier molecular flexibility index (Phi) is 3.60. The van der Waals surface area contributed by atoms with Crippen LogP contribution in [0.3, 0.4) is 0 Å². The molecule has 0 radical (unpaired) electrons. The molecule has 0 aliphatic rings. The van der Waals surface area contributed by atoms with E-state index in [1.54, 1.807) is 7.11 Å². The predicted octanol–water partition coefficient (Wildman–Crippen LogP) is 3.57. The van der Waals surface area contributed by atoms with Crippen LogP contribution in [0.5, 0.6) is 5.75 Å². The maximum atomic E-state index is 6.46. The van der Waals surface area contributed by atoms with Crippen LogP contribution in [0.4, 0.5) is 0 Å². The molecule has 0 spiro atoms. The summed E-state index contributed by atoms with van der Waals surface area (Å²) in [6.45, 7) is 1.97. The second-order valence-corrected chi connectivity index (χ2v) is 4.85. The highest BCUT2D eigenvalue weighted by atomic mass is 35.5. The van der Waals surface area contributed by atoms with Gasteiger partial charge in [0, 0.05) is 10.6 Å². The molecule has 2 N–H and O–H groups in total. The number of halogens is 1. The van der Waals surface area contributed by atoms with Gasteiger partial charge in [0.15, 0.2) is 0 Å². The monoisotopic (exact) mass is 261 g/mol. The molecule has 1 atom stereocenters. The van der Waals surface area contributed by atoms with Crippen LogP contribution >= 0.6 is 11.6 Å². The molecule has 2 aromatic rings. The van der Waals surface area contributed by atoms with Crippen LogP contribution in [0, 0.1) is 0 Å². The molecule has 0 aliphatic heterocycles. The van der Waals surface area contributed by atoms with Gasteiger partial charge in [-0.3, -0.25) is 0 Å². The third-order valence-corrected chi connectivity index (χ3v) is 3.36. The molecule has 18 heavy (non-hydrogen) atoms. The van der Waals surface area contributed by atoms with Crippen LogP contribution in [-0.2, 0) is 5.54 Å². The Morgan fingerprint density at radius 3 is 2.28 bits per heavy atom. The maximum Gasteiger partial charge on any atom is 0.124 e. The van der Waals surface area contributed by atoms with E-state index in [-0.39, 0.29) is 0 Å². The lowest BCUT2D eigenvalue weighted by molar-refractivity contribution is 0.399. The van der Waals surface area contributed by atoms with Crippen LogP contribution in [0.15, 0.2) is 48.5 Å². The van der Waals surface area contributed by atoms with E-state index in [4.69, 9.17) is 22.1 Å². The average Bonchev–Trinajstić information content (AvgIpc) is 2.39. The molecular formula is C15H16ClNO. The first-order valence-corrected chi connectivity index (χ1v) is 6.12. The Labute approximate surface area is 112 Å². The summed E-state index contributed by atoms with van der Waals surface area (Å²) in [5, 5.41) is 0.703. The van der Waals surface area contributed by atoms with E-state index in [1.165, 1.54) is 0 Å². The van der Waals surface area contributed by atoms with Gasteiger partial charge in [-0.15, -0.1) is 0 Å². The summed E-state index contributed by atoms with van der Waals surface area (Å²) >= 11 is 5.90. The van der Waals surface area contributed by atoms with Gasteiger partial charge in [0.1, 0.15) is 5.75 Å². The minimum atomic E-state index is -0.614. The Balaban J connectivity index is 2.50. The van der Waals surface area contributed by atoms with Crippen molar-refractivity contribution in [3.05, 3.63) is 64.7 Å².